The number of nitrogens with one attached hydrogen (secondary N) is 1. The largest absolute Gasteiger partial charge is 0.384 e. The fourth-order valence-corrected chi connectivity index (χ4v) is 2.43. The van der Waals surface area contributed by atoms with E-state index < -0.39 is 11.5 Å². The van der Waals surface area contributed by atoms with Gasteiger partial charge in [0.05, 0.1) is 12.7 Å². The van der Waals surface area contributed by atoms with Crippen molar-refractivity contribution in [3.05, 3.63) is 78.2 Å². The van der Waals surface area contributed by atoms with Crippen molar-refractivity contribution in [3.63, 3.8) is 0 Å². The van der Waals surface area contributed by atoms with Gasteiger partial charge in [0.15, 0.2) is 0 Å². The van der Waals surface area contributed by atoms with Gasteiger partial charge in [-0.2, -0.15) is 0 Å². The lowest BCUT2D eigenvalue weighted by atomic mass is 9.93. The van der Waals surface area contributed by atoms with Gasteiger partial charge in [0, 0.05) is 6.07 Å². The quantitative estimate of drug-likeness (QED) is 0.757. The van der Waals surface area contributed by atoms with Crippen LogP contribution in [0.1, 0.15) is 23.0 Å². The Labute approximate surface area is 139 Å². The number of hydrogen-bond donors (Lipinski definition) is 2. The lowest BCUT2D eigenvalue weighted by Crippen LogP contribution is -2.38. The summed E-state index contributed by atoms with van der Waals surface area (Å²) in [7, 11) is 0. The van der Waals surface area contributed by atoms with Gasteiger partial charge in [-0.05, 0) is 23.6 Å². The molecule has 24 heavy (non-hydrogen) atoms. The highest BCUT2D eigenvalue weighted by Crippen LogP contribution is 2.24. The second-order valence-electron chi connectivity index (χ2n) is 5.78. The number of aliphatic hydroxyl groups is 1. The molecule has 0 aliphatic heterocycles. The molecule has 0 saturated heterocycles. The molecule has 0 aliphatic rings. The number of aromatic nitrogens is 1. The van der Waals surface area contributed by atoms with E-state index in [1.807, 2.05) is 54.6 Å². The van der Waals surface area contributed by atoms with Gasteiger partial charge in [0.2, 0.25) is 5.76 Å². The van der Waals surface area contributed by atoms with Crippen molar-refractivity contribution >= 4 is 5.91 Å². The first-order valence-corrected chi connectivity index (χ1v) is 7.63. The molecule has 2 N–H and O–H groups in total. The summed E-state index contributed by atoms with van der Waals surface area (Å²) in [5, 5.41) is 16.8. The molecule has 0 fully saturated rings. The van der Waals surface area contributed by atoms with E-state index >= 15 is 0 Å². The predicted octanol–water partition coefficient (Wildman–Crippen LogP) is 2.98. The fraction of sp³-hybridized carbons (Fsp3) is 0.158. The predicted molar refractivity (Wildman–Crippen MR) is 90.3 cm³/mol. The Morgan fingerprint density at radius 3 is 2.38 bits per heavy atom. The molecule has 1 atom stereocenters. The third-order valence-corrected chi connectivity index (χ3v) is 3.87. The number of amides is 1. The second-order valence-corrected chi connectivity index (χ2v) is 5.78. The molecule has 0 radical (unpaired) electrons. The zero-order valence-electron chi connectivity index (χ0n) is 13.3. The molecule has 1 unspecified atom stereocenters. The van der Waals surface area contributed by atoms with Crippen LogP contribution in [-0.2, 0) is 5.60 Å². The zero-order valence-corrected chi connectivity index (χ0v) is 13.3. The highest BCUT2D eigenvalue weighted by molar-refractivity contribution is 5.91. The van der Waals surface area contributed by atoms with Gasteiger partial charge in [-0.15, -0.1) is 0 Å². The molecular formula is C19H18N2O3. The number of carbonyl (C=O) groups excluding carboxylic acids is 1. The molecule has 0 bridgehead atoms. The van der Waals surface area contributed by atoms with Gasteiger partial charge in [-0.25, -0.2) is 0 Å². The van der Waals surface area contributed by atoms with E-state index in [4.69, 9.17) is 4.52 Å². The molecular weight excluding hydrogens is 304 g/mol. The summed E-state index contributed by atoms with van der Waals surface area (Å²) >= 11 is 0. The molecule has 122 valence electrons. The molecule has 0 aliphatic carbocycles. The maximum atomic E-state index is 11.9. The van der Waals surface area contributed by atoms with Crippen LogP contribution in [0.4, 0.5) is 0 Å². The number of benzene rings is 2. The molecule has 5 heteroatoms. The average Bonchev–Trinajstić information content (AvgIpc) is 3.15. The minimum atomic E-state index is -1.19. The molecule has 2 aromatic carbocycles. The van der Waals surface area contributed by atoms with Crippen LogP contribution < -0.4 is 5.32 Å². The smallest absolute Gasteiger partial charge is 0.290 e. The topological polar surface area (TPSA) is 75.4 Å². The van der Waals surface area contributed by atoms with Crippen molar-refractivity contribution in [2.75, 3.05) is 6.54 Å². The van der Waals surface area contributed by atoms with E-state index in [0.717, 1.165) is 16.7 Å². The maximum Gasteiger partial charge on any atom is 0.290 e. The zero-order chi connectivity index (χ0) is 17.0. The number of carbonyl (C=O) groups is 1. The van der Waals surface area contributed by atoms with E-state index in [9.17, 15) is 9.90 Å². The molecule has 1 amide bonds. The molecule has 3 aromatic rings. The summed E-state index contributed by atoms with van der Waals surface area (Å²) in [6, 6.07) is 19.1. The minimum Gasteiger partial charge on any atom is -0.384 e. The van der Waals surface area contributed by atoms with Crippen molar-refractivity contribution in [1.29, 1.82) is 0 Å². The highest BCUT2D eigenvalue weighted by Gasteiger charge is 2.24. The normalized spacial score (nSPS) is 13.2. The number of hydrogen-bond acceptors (Lipinski definition) is 4. The number of nitrogens with zero attached hydrogens (tertiary/aromatic N) is 1. The first-order chi connectivity index (χ1) is 11.6. The maximum absolute atomic E-state index is 11.9. The second kappa shape index (κ2) is 6.68. The summed E-state index contributed by atoms with van der Waals surface area (Å²) in [6.07, 6.45) is 1.40. The Kier molecular flexibility index (Phi) is 4.44. The van der Waals surface area contributed by atoms with E-state index in [1.165, 1.54) is 12.3 Å². The fourth-order valence-electron chi connectivity index (χ4n) is 2.43. The van der Waals surface area contributed by atoms with Crippen molar-refractivity contribution in [2.24, 2.45) is 0 Å². The van der Waals surface area contributed by atoms with Crippen LogP contribution in [0.3, 0.4) is 0 Å². The molecule has 1 heterocycles. The van der Waals surface area contributed by atoms with E-state index in [2.05, 4.69) is 10.5 Å². The summed E-state index contributed by atoms with van der Waals surface area (Å²) in [5.74, 6) is -0.293. The van der Waals surface area contributed by atoms with Crippen LogP contribution in [0.5, 0.6) is 0 Å². The van der Waals surface area contributed by atoms with E-state index in [-0.39, 0.29) is 12.3 Å². The molecule has 1 aromatic heterocycles. The van der Waals surface area contributed by atoms with Crippen LogP contribution >= 0.6 is 0 Å². The van der Waals surface area contributed by atoms with Crippen molar-refractivity contribution in [2.45, 2.75) is 12.5 Å². The Morgan fingerprint density at radius 2 is 1.75 bits per heavy atom. The molecule has 3 rings (SSSR count). The molecule has 0 spiro atoms. The minimum absolute atomic E-state index is 0.0667. The monoisotopic (exact) mass is 322 g/mol. The first kappa shape index (κ1) is 16.0. The van der Waals surface area contributed by atoms with Gasteiger partial charge >= 0.3 is 0 Å². The summed E-state index contributed by atoms with van der Waals surface area (Å²) in [6.45, 7) is 1.72. The Bertz CT molecular complexity index is 794. The van der Waals surface area contributed by atoms with Crippen LogP contribution in [0.15, 0.2) is 71.4 Å². The lowest BCUT2D eigenvalue weighted by Gasteiger charge is -2.24. The summed E-state index contributed by atoms with van der Waals surface area (Å²) in [4.78, 5) is 11.9. The summed E-state index contributed by atoms with van der Waals surface area (Å²) < 4.78 is 4.79. The summed E-state index contributed by atoms with van der Waals surface area (Å²) in [5.41, 5.74) is 1.72. The standard InChI is InChI=1S/C19H18N2O3/c1-19(23,13-20-18(22)17-11-12-21-24-17)16-9-7-15(8-10-16)14-5-3-2-4-6-14/h2-12,23H,13H2,1H3,(H,20,22). The van der Waals surface area contributed by atoms with Crippen LogP contribution in [0.2, 0.25) is 0 Å². The highest BCUT2D eigenvalue weighted by atomic mass is 16.5. The van der Waals surface area contributed by atoms with Crippen molar-refractivity contribution < 1.29 is 14.4 Å². The lowest BCUT2D eigenvalue weighted by molar-refractivity contribution is 0.0516. The Balaban J connectivity index is 1.69. The number of rotatable bonds is 5. The Morgan fingerprint density at radius 1 is 1.08 bits per heavy atom. The van der Waals surface area contributed by atoms with E-state index in [0.29, 0.717) is 0 Å². The van der Waals surface area contributed by atoms with Gasteiger partial charge in [0.1, 0.15) is 5.60 Å². The van der Waals surface area contributed by atoms with Gasteiger partial charge in [0.25, 0.3) is 5.91 Å². The van der Waals surface area contributed by atoms with Gasteiger partial charge in [-0.1, -0.05) is 59.8 Å². The third-order valence-electron chi connectivity index (χ3n) is 3.87. The van der Waals surface area contributed by atoms with Crippen LogP contribution in [0.25, 0.3) is 11.1 Å². The van der Waals surface area contributed by atoms with Gasteiger partial charge < -0.3 is 14.9 Å². The van der Waals surface area contributed by atoms with Crippen molar-refractivity contribution in [1.82, 2.24) is 10.5 Å². The third kappa shape index (κ3) is 3.52. The average molecular weight is 322 g/mol. The SMILES string of the molecule is CC(O)(CNC(=O)c1ccno1)c1ccc(-c2ccccc2)cc1. The van der Waals surface area contributed by atoms with E-state index in [1.54, 1.807) is 6.92 Å². The van der Waals surface area contributed by atoms with Crippen molar-refractivity contribution in [3.8, 4) is 11.1 Å². The molecule has 5 nitrogen and oxygen atoms in total. The first-order valence-electron chi connectivity index (χ1n) is 7.63. The van der Waals surface area contributed by atoms with Crippen LogP contribution in [-0.4, -0.2) is 22.7 Å². The van der Waals surface area contributed by atoms with Crippen LogP contribution in [0, 0.1) is 0 Å². The Hall–Kier alpha value is -2.92. The molecule has 0 saturated carbocycles. The van der Waals surface area contributed by atoms with Gasteiger partial charge in [-0.3, -0.25) is 4.79 Å².